The summed E-state index contributed by atoms with van der Waals surface area (Å²) < 4.78 is 11.2. The average Bonchev–Trinajstić information content (AvgIpc) is 3.23. The topological polar surface area (TPSA) is 76.7 Å². The second kappa shape index (κ2) is 7.72. The molecule has 2 aromatic rings. The van der Waals surface area contributed by atoms with E-state index in [4.69, 9.17) is 21.1 Å². The van der Waals surface area contributed by atoms with E-state index in [9.17, 15) is 9.59 Å². The van der Waals surface area contributed by atoms with E-state index >= 15 is 0 Å². The summed E-state index contributed by atoms with van der Waals surface area (Å²) in [5, 5.41) is 0.625. The Morgan fingerprint density at radius 1 is 0.964 bits per heavy atom. The summed E-state index contributed by atoms with van der Waals surface area (Å²) in [5.41, 5.74) is 5.34. The first-order valence-electron chi connectivity index (χ1n) is 9.33. The molecule has 1 fully saturated rings. The molecular formula is C21H21ClN2O4. The lowest BCUT2D eigenvalue weighted by Gasteiger charge is -2.29. The van der Waals surface area contributed by atoms with Crippen molar-refractivity contribution in [1.82, 2.24) is 10.9 Å². The van der Waals surface area contributed by atoms with E-state index in [1.54, 1.807) is 30.3 Å². The zero-order valence-corrected chi connectivity index (χ0v) is 16.0. The highest BCUT2D eigenvalue weighted by Gasteiger charge is 2.43. The van der Waals surface area contributed by atoms with Crippen LogP contribution in [0, 0.1) is 0 Å². The number of amides is 2. The van der Waals surface area contributed by atoms with Gasteiger partial charge in [0.25, 0.3) is 5.91 Å². The molecule has 1 heterocycles. The maximum Gasteiger partial charge on any atom is 0.283 e. The Bertz CT molecular complexity index is 878. The molecular weight excluding hydrogens is 380 g/mol. The lowest BCUT2D eigenvalue weighted by Crippen LogP contribution is -2.55. The smallest absolute Gasteiger partial charge is 0.283 e. The van der Waals surface area contributed by atoms with Crippen molar-refractivity contribution >= 4 is 23.4 Å². The third-order valence-corrected chi connectivity index (χ3v) is 5.64. The highest BCUT2D eigenvalue weighted by Crippen LogP contribution is 2.41. The third-order valence-electron chi connectivity index (χ3n) is 5.39. The molecule has 1 saturated carbocycles. The molecule has 7 heteroatoms. The molecule has 2 aliphatic rings. The number of nitrogens with one attached hydrogen (secondary N) is 2. The van der Waals surface area contributed by atoms with Crippen LogP contribution >= 0.6 is 11.6 Å². The maximum absolute atomic E-state index is 13.0. The van der Waals surface area contributed by atoms with E-state index < -0.39 is 17.4 Å². The summed E-state index contributed by atoms with van der Waals surface area (Å²) in [4.78, 5) is 25.5. The van der Waals surface area contributed by atoms with Gasteiger partial charge in [0, 0.05) is 5.02 Å². The van der Waals surface area contributed by atoms with Gasteiger partial charge in [-0.25, -0.2) is 0 Å². The molecule has 146 valence electrons. The standard InChI is InChI=1S/C21H21ClN2O4/c22-15-9-7-14(8-10-15)21(11-3-4-12-21)20(26)24-23-19(25)18-13-27-16-5-1-2-6-17(16)28-18/h1-2,5-10,18H,3-4,11-13H2,(H,23,25)(H,24,26). The summed E-state index contributed by atoms with van der Waals surface area (Å²) in [7, 11) is 0. The van der Waals surface area contributed by atoms with Crippen LogP contribution in [0.4, 0.5) is 0 Å². The molecule has 1 atom stereocenters. The predicted octanol–water partition coefficient (Wildman–Crippen LogP) is 3.14. The Morgan fingerprint density at radius 2 is 1.64 bits per heavy atom. The number of para-hydroxylation sites is 2. The third kappa shape index (κ3) is 3.52. The molecule has 1 unspecified atom stereocenters. The fourth-order valence-electron chi connectivity index (χ4n) is 3.86. The summed E-state index contributed by atoms with van der Waals surface area (Å²) >= 11 is 5.98. The van der Waals surface area contributed by atoms with Gasteiger partial charge in [-0.15, -0.1) is 0 Å². The minimum Gasteiger partial charge on any atom is -0.485 e. The van der Waals surface area contributed by atoms with Crippen LogP contribution in [0.15, 0.2) is 48.5 Å². The van der Waals surface area contributed by atoms with Crippen molar-refractivity contribution < 1.29 is 19.1 Å². The summed E-state index contributed by atoms with van der Waals surface area (Å²) in [6.07, 6.45) is 2.55. The van der Waals surface area contributed by atoms with E-state index in [0.29, 0.717) is 16.5 Å². The van der Waals surface area contributed by atoms with Gasteiger partial charge in [-0.05, 0) is 42.7 Å². The molecule has 1 aliphatic carbocycles. The number of ether oxygens (including phenoxy) is 2. The van der Waals surface area contributed by atoms with Crippen LogP contribution in [0.25, 0.3) is 0 Å². The predicted molar refractivity (Wildman–Crippen MR) is 104 cm³/mol. The van der Waals surface area contributed by atoms with Crippen LogP contribution < -0.4 is 20.3 Å². The summed E-state index contributed by atoms with van der Waals surface area (Å²) in [6, 6.07) is 14.5. The first-order valence-corrected chi connectivity index (χ1v) is 9.71. The quantitative estimate of drug-likeness (QED) is 0.776. The van der Waals surface area contributed by atoms with Crippen LogP contribution in [0.1, 0.15) is 31.2 Å². The van der Waals surface area contributed by atoms with Gasteiger partial charge in [-0.3, -0.25) is 20.4 Å². The summed E-state index contributed by atoms with van der Waals surface area (Å²) in [6.45, 7) is 0.0844. The number of carbonyl (C=O) groups is 2. The normalized spacial score (nSPS) is 19.7. The number of carbonyl (C=O) groups excluding carboxylic acids is 2. The van der Waals surface area contributed by atoms with E-state index in [0.717, 1.165) is 31.2 Å². The van der Waals surface area contributed by atoms with Crippen LogP contribution in [0.3, 0.4) is 0 Å². The Balaban J connectivity index is 1.41. The van der Waals surface area contributed by atoms with Gasteiger partial charge < -0.3 is 9.47 Å². The largest absolute Gasteiger partial charge is 0.485 e. The fourth-order valence-corrected chi connectivity index (χ4v) is 3.99. The highest BCUT2D eigenvalue weighted by atomic mass is 35.5. The molecule has 0 radical (unpaired) electrons. The second-order valence-electron chi connectivity index (χ2n) is 7.10. The van der Waals surface area contributed by atoms with Gasteiger partial charge in [0.15, 0.2) is 11.5 Å². The van der Waals surface area contributed by atoms with Gasteiger partial charge in [0.2, 0.25) is 12.0 Å². The molecule has 1 aliphatic heterocycles. The van der Waals surface area contributed by atoms with Crippen LogP contribution in [0.2, 0.25) is 5.02 Å². The number of benzene rings is 2. The van der Waals surface area contributed by atoms with Gasteiger partial charge in [-0.1, -0.05) is 48.7 Å². The molecule has 4 rings (SSSR count). The van der Waals surface area contributed by atoms with Gasteiger partial charge >= 0.3 is 0 Å². The van der Waals surface area contributed by atoms with E-state index in [-0.39, 0.29) is 12.5 Å². The molecule has 28 heavy (non-hydrogen) atoms. The van der Waals surface area contributed by atoms with Crippen molar-refractivity contribution in [3.8, 4) is 11.5 Å². The first kappa shape index (κ1) is 18.6. The second-order valence-corrected chi connectivity index (χ2v) is 7.54. The van der Waals surface area contributed by atoms with Crippen molar-refractivity contribution in [3.05, 3.63) is 59.1 Å². The molecule has 0 bridgehead atoms. The van der Waals surface area contributed by atoms with Crippen LogP contribution in [0.5, 0.6) is 11.5 Å². The van der Waals surface area contributed by atoms with Gasteiger partial charge in [-0.2, -0.15) is 0 Å². The summed E-state index contributed by atoms with van der Waals surface area (Å²) in [5.74, 6) is 0.432. The molecule has 2 N–H and O–H groups in total. The van der Waals surface area contributed by atoms with Crippen molar-refractivity contribution in [2.24, 2.45) is 0 Å². The van der Waals surface area contributed by atoms with Crippen molar-refractivity contribution in [3.63, 3.8) is 0 Å². The molecule has 2 aromatic carbocycles. The highest BCUT2D eigenvalue weighted by molar-refractivity contribution is 6.30. The monoisotopic (exact) mass is 400 g/mol. The number of rotatable bonds is 3. The Labute approximate surface area is 168 Å². The van der Waals surface area contributed by atoms with Crippen LogP contribution in [-0.4, -0.2) is 24.5 Å². The van der Waals surface area contributed by atoms with E-state index in [1.807, 2.05) is 18.2 Å². The number of hydrazine groups is 1. The molecule has 0 aromatic heterocycles. The van der Waals surface area contributed by atoms with Crippen LogP contribution in [-0.2, 0) is 15.0 Å². The molecule has 0 spiro atoms. The maximum atomic E-state index is 13.0. The SMILES string of the molecule is O=C(NNC(=O)C1(c2ccc(Cl)cc2)CCCC1)C1COc2ccccc2O1. The van der Waals surface area contributed by atoms with Gasteiger partial charge in [0.05, 0.1) is 5.41 Å². The molecule has 0 saturated heterocycles. The minimum atomic E-state index is -0.828. The molecule has 6 nitrogen and oxygen atoms in total. The zero-order chi connectivity index (χ0) is 19.6. The number of fused-ring (bicyclic) bond motifs is 1. The van der Waals surface area contributed by atoms with Crippen molar-refractivity contribution in [2.45, 2.75) is 37.2 Å². The Kier molecular flexibility index (Phi) is 5.13. The molecule has 2 amide bonds. The Hall–Kier alpha value is -2.73. The van der Waals surface area contributed by atoms with E-state index in [1.165, 1.54) is 0 Å². The number of hydrogen-bond acceptors (Lipinski definition) is 4. The van der Waals surface area contributed by atoms with Crippen molar-refractivity contribution in [2.75, 3.05) is 6.61 Å². The van der Waals surface area contributed by atoms with E-state index in [2.05, 4.69) is 10.9 Å². The number of halogens is 1. The minimum absolute atomic E-state index is 0.0844. The lowest BCUT2D eigenvalue weighted by molar-refractivity contribution is -0.137. The number of hydrogen-bond donors (Lipinski definition) is 2. The Morgan fingerprint density at radius 3 is 2.36 bits per heavy atom. The average molecular weight is 401 g/mol. The fraction of sp³-hybridized carbons (Fsp3) is 0.333. The zero-order valence-electron chi connectivity index (χ0n) is 15.2. The van der Waals surface area contributed by atoms with Gasteiger partial charge in [0.1, 0.15) is 6.61 Å². The van der Waals surface area contributed by atoms with Crippen molar-refractivity contribution in [1.29, 1.82) is 0 Å². The lowest BCUT2D eigenvalue weighted by atomic mass is 9.78. The first-order chi connectivity index (χ1) is 13.6.